The van der Waals surface area contributed by atoms with E-state index in [4.69, 9.17) is 9.47 Å². The molecule has 0 spiro atoms. The van der Waals surface area contributed by atoms with Gasteiger partial charge < -0.3 is 24.8 Å². The van der Waals surface area contributed by atoms with Crippen molar-refractivity contribution in [1.82, 2.24) is 10.2 Å². The van der Waals surface area contributed by atoms with Gasteiger partial charge in [0, 0.05) is 19.0 Å². The van der Waals surface area contributed by atoms with Crippen molar-refractivity contribution in [2.24, 2.45) is 0 Å². The Morgan fingerprint density at radius 2 is 2.17 bits per heavy atom. The van der Waals surface area contributed by atoms with E-state index in [9.17, 15) is 24.8 Å². The van der Waals surface area contributed by atoms with E-state index in [2.05, 4.69) is 5.32 Å². The molecule has 0 radical (unpaired) electrons. The first kappa shape index (κ1) is 22.4. The molecular weight excluding hydrogens is 382 g/mol. The summed E-state index contributed by atoms with van der Waals surface area (Å²) in [5.74, 6) is -0.600. The highest BCUT2D eigenvalue weighted by atomic mass is 16.6. The normalized spacial score (nSPS) is 18.0. The Balaban J connectivity index is 2.32. The number of hydrogen-bond donors (Lipinski definition) is 2. The topological polar surface area (TPSA) is 131 Å². The van der Waals surface area contributed by atoms with Crippen LogP contribution in [0, 0.1) is 10.1 Å². The summed E-state index contributed by atoms with van der Waals surface area (Å²) in [5, 5.41) is 23.5. The molecule has 0 fully saturated rings. The smallest absolute Gasteiger partial charge is 0.407 e. The second kappa shape index (κ2) is 9.08. The van der Waals surface area contributed by atoms with Gasteiger partial charge in [0.15, 0.2) is 0 Å². The molecule has 2 rings (SSSR count). The Kier molecular flexibility index (Phi) is 7.02. The van der Waals surface area contributed by atoms with Crippen molar-refractivity contribution in [3.63, 3.8) is 0 Å². The van der Waals surface area contributed by atoms with E-state index in [-0.39, 0.29) is 36.7 Å². The van der Waals surface area contributed by atoms with E-state index >= 15 is 0 Å². The van der Waals surface area contributed by atoms with Crippen LogP contribution in [-0.4, -0.2) is 64.4 Å². The standard InChI is InChI=1S/C19H27N3O7/c1-12(11-23)21-9-8-13(10-20-18(25)29-19(2,3)4)28-16-14(17(21)24)6-5-7-15(16)22(26)27/h5-7,12-13,23H,8-11H2,1-4H3,(H,20,25)/t12-,13+/m0/s1. The lowest BCUT2D eigenvalue weighted by atomic mass is 10.1. The Hall–Kier alpha value is -2.88. The van der Waals surface area contributed by atoms with E-state index in [0.29, 0.717) is 6.42 Å². The Labute approximate surface area is 168 Å². The number of nitro benzene ring substituents is 1. The van der Waals surface area contributed by atoms with Crippen molar-refractivity contribution in [1.29, 1.82) is 0 Å². The van der Waals surface area contributed by atoms with E-state index < -0.39 is 34.7 Å². The molecule has 1 aromatic carbocycles. The van der Waals surface area contributed by atoms with Crippen LogP contribution in [0.25, 0.3) is 0 Å². The first-order valence-corrected chi connectivity index (χ1v) is 9.36. The molecule has 2 N–H and O–H groups in total. The van der Waals surface area contributed by atoms with Crippen LogP contribution < -0.4 is 10.1 Å². The highest BCUT2D eigenvalue weighted by Crippen LogP contribution is 2.34. The molecule has 2 amide bonds. The maximum absolute atomic E-state index is 12.9. The lowest BCUT2D eigenvalue weighted by Gasteiger charge is -2.33. The van der Waals surface area contributed by atoms with E-state index in [1.807, 2.05) is 0 Å². The molecule has 1 heterocycles. The number of carbonyl (C=O) groups excluding carboxylic acids is 2. The predicted octanol–water partition coefficient (Wildman–Crippen LogP) is 2.09. The number of nitrogens with one attached hydrogen (secondary N) is 1. The average molecular weight is 409 g/mol. The zero-order chi connectivity index (χ0) is 21.8. The molecule has 0 bridgehead atoms. The van der Waals surface area contributed by atoms with Gasteiger partial charge in [0.2, 0.25) is 5.75 Å². The predicted molar refractivity (Wildman–Crippen MR) is 104 cm³/mol. The largest absolute Gasteiger partial charge is 0.481 e. The Morgan fingerprint density at radius 3 is 2.76 bits per heavy atom. The van der Waals surface area contributed by atoms with Crippen molar-refractivity contribution in [3.8, 4) is 5.75 Å². The van der Waals surface area contributed by atoms with Crippen molar-refractivity contribution < 1.29 is 29.1 Å². The number of hydrogen-bond acceptors (Lipinski definition) is 7. The molecule has 0 aromatic heterocycles. The summed E-state index contributed by atoms with van der Waals surface area (Å²) in [6, 6.07) is 3.64. The molecule has 160 valence electrons. The molecule has 0 unspecified atom stereocenters. The highest BCUT2D eigenvalue weighted by molar-refractivity contribution is 5.98. The second-order valence-corrected chi connectivity index (χ2v) is 7.85. The zero-order valence-corrected chi connectivity index (χ0v) is 17.0. The minimum absolute atomic E-state index is 0.0376. The van der Waals surface area contributed by atoms with Crippen LogP contribution in [0.5, 0.6) is 5.75 Å². The molecule has 1 aromatic rings. The van der Waals surface area contributed by atoms with Crippen LogP contribution in [0.15, 0.2) is 18.2 Å². The quantitative estimate of drug-likeness (QED) is 0.562. The summed E-state index contributed by atoms with van der Waals surface area (Å²) in [5.41, 5.74) is -0.963. The molecule has 1 aliphatic heterocycles. The van der Waals surface area contributed by atoms with Crippen LogP contribution in [0.4, 0.5) is 10.5 Å². The van der Waals surface area contributed by atoms with Gasteiger partial charge in [-0.3, -0.25) is 14.9 Å². The number of fused-ring (bicyclic) bond motifs is 1. The number of para-hydroxylation sites is 1. The summed E-state index contributed by atoms with van der Waals surface area (Å²) in [6.07, 6.45) is -0.969. The number of ether oxygens (including phenoxy) is 2. The maximum Gasteiger partial charge on any atom is 0.407 e. The van der Waals surface area contributed by atoms with Crippen molar-refractivity contribution >= 4 is 17.7 Å². The fourth-order valence-corrected chi connectivity index (χ4v) is 2.90. The lowest BCUT2D eigenvalue weighted by molar-refractivity contribution is -0.386. The van der Waals surface area contributed by atoms with Crippen molar-refractivity contribution in [3.05, 3.63) is 33.9 Å². The summed E-state index contributed by atoms with van der Waals surface area (Å²) >= 11 is 0. The van der Waals surface area contributed by atoms with Gasteiger partial charge in [-0.15, -0.1) is 0 Å². The van der Waals surface area contributed by atoms with Gasteiger partial charge in [-0.1, -0.05) is 6.07 Å². The fraction of sp³-hybridized carbons (Fsp3) is 0.579. The maximum atomic E-state index is 12.9. The van der Waals surface area contributed by atoms with Crippen LogP contribution in [0.1, 0.15) is 44.5 Å². The number of carbonyl (C=O) groups is 2. The minimum Gasteiger partial charge on any atom is -0.481 e. The number of rotatable bonds is 5. The number of aliphatic hydroxyl groups excluding tert-OH is 1. The van der Waals surface area contributed by atoms with Gasteiger partial charge in [0.1, 0.15) is 11.7 Å². The third kappa shape index (κ3) is 5.80. The first-order valence-electron chi connectivity index (χ1n) is 9.36. The molecular formula is C19H27N3O7. The van der Waals surface area contributed by atoms with Crippen LogP contribution in [0.3, 0.4) is 0 Å². The monoisotopic (exact) mass is 409 g/mol. The zero-order valence-electron chi connectivity index (χ0n) is 17.0. The minimum atomic E-state index is -0.670. The van der Waals surface area contributed by atoms with Crippen molar-refractivity contribution in [2.45, 2.75) is 51.9 Å². The van der Waals surface area contributed by atoms with Gasteiger partial charge in [-0.05, 0) is 33.8 Å². The van der Waals surface area contributed by atoms with Gasteiger partial charge in [-0.2, -0.15) is 0 Å². The van der Waals surface area contributed by atoms with Gasteiger partial charge >= 0.3 is 11.8 Å². The molecule has 0 aliphatic carbocycles. The number of nitrogens with zero attached hydrogens (tertiary/aromatic N) is 2. The molecule has 10 nitrogen and oxygen atoms in total. The summed E-state index contributed by atoms with van der Waals surface area (Å²) in [4.78, 5) is 37.1. The number of alkyl carbamates (subject to hydrolysis) is 1. The van der Waals surface area contributed by atoms with Gasteiger partial charge in [-0.25, -0.2) is 4.79 Å². The van der Waals surface area contributed by atoms with Crippen LogP contribution >= 0.6 is 0 Å². The number of aliphatic hydroxyl groups is 1. The first-order chi connectivity index (χ1) is 13.5. The summed E-state index contributed by atoms with van der Waals surface area (Å²) in [6.45, 7) is 6.93. The summed E-state index contributed by atoms with van der Waals surface area (Å²) < 4.78 is 11.0. The number of nitro groups is 1. The molecule has 10 heteroatoms. The van der Waals surface area contributed by atoms with E-state index in [1.54, 1.807) is 27.7 Å². The SMILES string of the molecule is C[C@@H](CO)N1CC[C@H](CNC(=O)OC(C)(C)C)Oc2c(cccc2[N+](=O)[O-])C1=O. The average Bonchev–Trinajstić information content (AvgIpc) is 2.62. The number of benzene rings is 1. The summed E-state index contributed by atoms with van der Waals surface area (Å²) in [7, 11) is 0. The number of amides is 2. The molecule has 29 heavy (non-hydrogen) atoms. The van der Waals surface area contributed by atoms with E-state index in [0.717, 1.165) is 0 Å². The second-order valence-electron chi connectivity index (χ2n) is 7.85. The fourth-order valence-electron chi connectivity index (χ4n) is 2.90. The Morgan fingerprint density at radius 1 is 1.48 bits per heavy atom. The van der Waals surface area contributed by atoms with Gasteiger partial charge in [0.25, 0.3) is 5.91 Å². The third-order valence-corrected chi connectivity index (χ3v) is 4.33. The van der Waals surface area contributed by atoms with E-state index in [1.165, 1.54) is 23.1 Å². The van der Waals surface area contributed by atoms with Crippen LogP contribution in [-0.2, 0) is 4.74 Å². The molecule has 1 aliphatic rings. The molecule has 0 saturated carbocycles. The molecule has 2 atom stereocenters. The highest BCUT2D eigenvalue weighted by Gasteiger charge is 2.33. The lowest BCUT2D eigenvalue weighted by Crippen LogP contribution is -2.46. The van der Waals surface area contributed by atoms with Crippen molar-refractivity contribution in [2.75, 3.05) is 19.7 Å². The Bertz CT molecular complexity index is 776. The molecule has 0 saturated heterocycles. The third-order valence-electron chi connectivity index (χ3n) is 4.33. The van der Waals surface area contributed by atoms with Gasteiger partial charge in [0.05, 0.1) is 29.7 Å². The van der Waals surface area contributed by atoms with Crippen LogP contribution in [0.2, 0.25) is 0 Å².